The van der Waals surface area contributed by atoms with E-state index in [1.807, 2.05) is 6.92 Å². The predicted octanol–water partition coefficient (Wildman–Crippen LogP) is 6.38. The van der Waals surface area contributed by atoms with E-state index in [1.165, 1.54) is 28.3 Å². The number of nitrogens with zero attached hydrogens (tertiary/aromatic N) is 1. The normalized spacial score (nSPS) is 18.1. The minimum absolute atomic E-state index is 0.0130. The lowest BCUT2D eigenvalue weighted by Gasteiger charge is -2.33. The second kappa shape index (κ2) is 11.4. The van der Waals surface area contributed by atoms with Gasteiger partial charge in [-0.05, 0) is 48.7 Å². The van der Waals surface area contributed by atoms with Crippen LogP contribution in [0.1, 0.15) is 25.3 Å². The van der Waals surface area contributed by atoms with Crippen molar-refractivity contribution >= 4 is 56.0 Å². The largest absolute Gasteiger partial charge is 0.491 e. The molecule has 12 heteroatoms. The van der Waals surface area contributed by atoms with Gasteiger partial charge in [-0.15, -0.1) is 11.3 Å². The minimum Gasteiger partial charge on any atom is -0.491 e. The van der Waals surface area contributed by atoms with E-state index in [0.29, 0.717) is 0 Å². The van der Waals surface area contributed by atoms with Crippen molar-refractivity contribution in [3.05, 3.63) is 74.5 Å². The number of ether oxygens (including phenoxy) is 1. The highest BCUT2D eigenvalue weighted by Crippen LogP contribution is 2.37. The van der Waals surface area contributed by atoms with Gasteiger partial charge in [0.15, 0.2) is 5.82 Å². The summed E-state index contributed by atoms with van der Waals surface area (Å²) in [6, 6.07) is 6.57. The van der Waals surface area contributed by atoms with Crippen LogP contribution in [0.4, 0.5) is 14.6 Å². The molecule has 0 radical (unpaired) electrons. The van der Waals surface area contributed by atoms with E-state index >= 15 is 0 Å². The molecule has 0 spiro atoms. The van der Waals surface area contributed by atoms with Crippen LogP contribution in [-0.4, -0.2) is 32.6 Å². The van der Waals surface area contributed by atoms with Crippen LogP contribution in [0.2, 0.25) is 10.0 Å². The Kier molecular flexibility index (Phi) is 8.52. The minimum atomic E-state index is -4.24. The molecule has 192 valence electrons. The first kappa shape index (κ1) is 26.8. The average molecular weight is 575 g/mol. The molecule has 4 rings (SSSR count). The van der Waals surface area contributed by atoms with Crippen LogP contribution in [0.5, 0.6) is 5.75 Å². The standard InChI is InChI=1S/C24H23Cl2F2N3O3S2/c1-2-29-21-5-3-4-15(14-6-7-19(27)17(25)8-14)16(21)11-34-22-10-20(28)23(9-18(22)26)36(32,33)31-24-12-35-13-30-24/h4,6-10,12-13,16,21,29,31H,2-3,5,11H2,1H3/t16-,21-/m1/s1. The first-order valence-electron chi connectivity index (χ1n) is 11.1. The number of thiazole rings is 1. The van der Waals surface area contributed by atoms with Crippen molar-refractivity contribution in [1.82, 2.24) is 10.3 Å². The number of aromatic nitrogens is 1. The lowest BCUT2D eigenvalue weighted by Crippen LogP contribution is -2.41. The second-order valence-corrected chi connectivity index (χ2v) is 11.3. The Morgan fingerprint density at radius 3 is 2.67 bits per heavy atom. The molecule has 0 fully saturated rings. The van der Waals surface area contributed by atoms with Crippen LogP contribution >= 0.6 is 34.5 Å². The Morgan fingerprint density at radius 2 is 1.97 bits per heavy atom. The van der Waals surface area contributed by atoms with Crippen molar-refractivity contribution < 1.29 is 21.9 Å². The molecule has 36 heavy (non-hydrogen) atoms. The van der Waals surface area contributed by atoms with E-state index in [0.717, 1.165) is 42.7 Å². The van der Waals surface area contributed by atoms with E-state index in [-0.39, 0.29) is 40.2 Å². The van der Waals surface area contributed by atoms with Gasteiger partial charge in [-0.1, -0.05) is 42.3 Å². The molecule has 1 aliphatic carbocycles. The van der Waals surface area contributed by atoms with E-state index in [9.17, 15) is 17.2 Å². The molecule has 1 aromatic heterocycles. The third kappa shape index (κ3) is 6.00. The van der Waals surface area contributed by atoms with Crippen molar-refractivity contribution in [2.45, 2.75) is 30.7 Å². The van der Waals surface area contributed by atoms with Gasteiger partial charge in [0, 0.05) is 23.4 Å². The summed E-state index contributed by atoms with van der Waals surface area (Å²) >= 11 is 13.5. The average Bonchev–Trinajstić information content (AvgIpc) is 3.34. The van der Waals surface area contributed by atoms with Gasteiger partial charge in [-0.2, -0.15) is 0 Å². The van der Waals surface area contributed by atoms with Crippen molar-refractivity contribution in [3.8, 4) is 5.75 Å². The molecular weight excluding hydrogens is 551 g/mol. The van der Waals surface area contributed by atoms with Crippen LogP contribution in [0.15, 0.2) is 52.2 Å². The van der Waals surface area contributed by atoms with Crippen LogP contribution in [0.25, 0.3) is 5.57 Å². The summed E-state index contributed by atoms with van der Waals surface area (Å²) in [5.74, 6) is -1.59. The van der Waals surface area contributed by atoms with Crippen LogP contribution in [0.3, 0.4) is 0 Å². The zero-order valence-electron chi connectivity index (χ0n) is 19.1. The summed E-state index contributed by atoms with van der Waals surface area (Å²) in [5, 5.41) is 4.90. The fraction of sp³-hybridized carbons (Fsp3) is 0.292. The number of halogens is 4. The van der Waals surface area contributed by atoms with Crippen molar-refractivity contribution in [2.24, 2.45) is 5.92 Å². The second-order valence-electron chi connectivity index (χ2n) is 8.14. The Morgan fingerprint density at radius 1 is 1.17 bits per heavy atom. The third-order valence-corrected chi connectivity index (χ3v) is 8.35. The number of anilines is 1. The Balaban J connectivity index is 1.58. The number of hydrogen-bond donors (Lipinski definition) is 2. The number of allylic oxidation sites excluding steroid dienone is 1. The van der Waals surface area contributed by atoms with Gasteiger partial charge in [0.2, 0.25) is 0 Å². The summed E-state index contributed by atoms with van der Waals surface area (Å²) < 4.78 is 62.0. The highest BCUT2D eigenvalue weighted by Gasteiger charge is 2.30. The number of hydrogen-bond acceptors (Lipinski definition) is 6. The van der Waals surface area contributed by atoms with Crippen molar-refractivity contribution in [3.63, 3.8) is 0 Å². The maximum atomic E-state index is 14.9. The monoisotopic (exact) mass is 573 g/mol. The summed E-state index contributed by atoms with van der Waals surface area (Å²) in [6.45, 7) is 2.85. The predicted molar refractivity (Wildman–Crippen MR) is 139 cm³/mol. The van der Waals surface area contributed by atoms with Crippen molar-refractivity contribution in [2.75, 3.05) is 17.9 Å². The van der Waals surface area contributed by atoms with Gasteiger partial charge >= 0.3 is 0 Å². The summed E-state index contributed by atoms with van der Waals surface area (Å²) in [6.07, 6.45) is 3.72. The molecule has 0 aliphatic heterocycles. The summed E-state index contributed by atoms with van der Waals surface area (Å²) in [4.78, 5) is 3.24. The van der Waals surface area contributed by atoms with Gasteiger partial charge < -0.3 is 10.1 Å². The lowest BCUT2D eigenvalue weighted by atomic mass is 9.80. The molecule has 2 N–H and O–H groups in total. The Hall–Kier alpha value is -2.24. The zero-order chi connectivity index (χ0) is 25.9. The molecule has 0 amide bonds. The summed E-state index contributed by atoms with van der Waals surface area (Å²) in [7, 11) is -4.24. The first-order chi connectivity index (χ1) is 17.2. The number of benzene rings is 2. The van der Waals surface area contributed by atoms with Crippen LogP contribution in [0, 0.1) is 17.6 Å². The molecule has 0 saturated heterocycles. The topological polar surface area (TPSA) is 80.3 Å². The fourth-order valence-corrected chi connectivity index (χ4v) is 6.28. The van der Waals surface area contributed by atoms with Gasteiger partial charge in [0.05, 0.1) is 22.2 Å². The highest BCUT2D eigenvalue weighted by atomic mass is 35.5. The SMILES string of the molecule is CCN[C@@H]1CCC=C(c2ccc(F)c(Cl)c2)[C@H]1COc1cc(F)c(S(=O)(=O)Nc2cscn2)cc1Cl. The molecule has 2 atom stereocenters. The van der Waals surface area contributed by atoms with Gasteiger partial charge in [-0.3, -0.25) is 4.72 Å². The number of sulfonamides is 1. The quantitative estimate of drug-likeness (QED) is 0.310. The molecule has 6 nitrogen and oxygen atoms in total. The third-order valence-electron chi connectivity index (χ3n) is 5.81. The smallest absolute Gasteiger partial charge is 0.266 e. The molecule has 1 heterocycles. The van der Waals surface area contributed by atoms with E-state index in [1.54, 1.807) is 12.1 Å². The van der Waals surface area contributed by atoms with E-state index < -0.39 is 26.6 Å². The molecule has 0 bridgehead atoms. The number of rotatable bonds is 9. The molecular formula is C24H23Cl2F2N3O3S2. The van der Waals surface area contributed by atoms with E-state index in [2.05, 4.69) is 21.1 Å². The van der Waals surface area contributed by atoms with Crippen LogP contribution < -0.4 is 14.8 Å². The fourth-order valence-electron chi connectivity index (χ4n) is 4.17. The van der Waals surface area contributed by atoms with Crippen molar-refractivity contribution in [1.29, 1.82) is 0 Å². The van der Waals surface area contributed by atoms with Gasteiger partial charge in [-0.25, -0.2) is 22.2 Å². The Bertz CT molecular complexity index is 1370. The van der Waals surface area contributed by atoms with Gasteiger partial charge in [0.1, 0.15) is 22.3 Å². The molecule has 0 unspecified atom stereocenters. The first-order valence-corrected chi connectivity index (χ1v) is 14.3. The molecule has 0 saturated carbocycles. The maximum Gasteiger partial charge on any atom is 0.266 e. The molecule has 2 aromatic carbocycles. The highest BCUT2D eigenvalue weighted by molar-refractivity contribution is 7.92. The van der Waals surface area contributed by atoms with Gasteiger partial charge in [0.25, 0.3) is 10.0 Å². The molecule has 3 aromatic rings. The van der Waals surface area contributed by atoms with Crippen LogP contribution in [-0.2, 0) is 10.0 Å². The Labute approximate surface area is 222 Å². The zero-order valence-corrected chi connectivity index (χ0v) is 22.2. The van der Waals surface area contributed by atoms with E-state index in [4.69, 9.17) is 27.9 Å². The molecule has 1 aliphatic rings. The summed E-state index contributed by atoms with van der Waals surface area (Å²) in [5.41, 5.74) is 3.15. The maximum absolute atomic E-state index is 14.9. The lowest BCUT2D eigenvalue weighted by molar-refractivity contribution is 0.236. The number of nitrogens with one attached hydrogen (secondary N) is 2.